The molecule has 1 aliphatic carbocycles. The van der Waals surface area contributed by atoms with Crippen molar-refractivity contribution in [2.24, 2.45) is 5.92 Å². The van der Waals surface area contributed by atoms with E-state index in [1.165, 1.54) is 36.0 Å². The number of aromatic nitrogens is 2. The third-order valence-corrected chi connectivity index (χ3v) is 8.52. The normalized spacial score (nSPS) is 18.6. The summed E-state index contributed by atoms with van der Waals surface area (Å²) in [5.74, 6) is -1.89. The molecule has 11 nitrogen and oxygen atoms in total. The summed E-state index contributed by atoms with van der Waals surface area (Å²) >= 11 is 6.20. The van der Waals surface area contributed by atoms with E-state index in [2.05, 4.69) is 15.2 Å². The van der Waals surface area contributed by atoms with Crippen LogP contribution >= 0.6 is 11.6 Å². The molecular weight excluding hydrogens is 569 g/mol. The number of hydrogen-bond donors (Lipinski definition) is 2. The van der Waals surface area contributed by atoms with E-state index in [0.717, 1.165) is 17.1 Å². The van der Waals surface area contributed by atoms with Crippen molar-refractivity contribution < 1.29 is 45.8 Å². The van der Waals surface area contributed by atoms with Gasteiger partial charge in [-0.2, -0.15) is 18.3 Å². The molecule has 0 unspecified atom stereocenters. The largest absolute Gasteiger partial charge is 0.486 e. The molecule has 1 fully saturated rings. The number of halogens is 4. The van der Waals surface area contributed by atoms with Crippen molar-refractivity contribution in [2.45, 2.75) is 68.9 Å². The van der Waals surface area contributed by atoms with Gasteiger partial charge in [0.1, 0.15) is 16.7 Å². The second kappa shape index (κ2) is 10.1. The number of carbonyl (C=O) groups is 2. The molecule has 2 N–H and O–H groups in total. The number of benzene rings is 1. The van der Waals surface area contributed by atoms with E-state index in [1.54, 1.807) is 0 Å². The molecule has 0 radical (unpaired) electrons. The number of alkyl halides is 3. The topological polar surface area (TPSA) is 140 Å². The van der Waals surface area contributed by atoms with Crippen LogP contribution in [0.4, 0.5) is 29.3 Å². The Balaban J connectivity index is 1.68. The summed E-state index contributed by atoms with van der Waals surface area (Å²) in [5, 5.41) is 15.3. The Morgan fingerprint density at radius 3 is 2.56 bits per heavy atom. The maximum atomic E-state index is 13.8. The van der Waals surface area contributed by atoms with Crippen LogP contribution < -0.4 is 14.4 Å². The van der Waals surface area contributed by atoms with E-state index in [0.29, 0.717) is 13.8 Å². The number of sulfonamides is 1. The highest BCUT2D eigenvalue weighted by atomic mass is 35.5. The summed E-state index contributed by atoms with van der Waals surface area (Å²) < 4.78 is 79.8. The third-order valence-electron chi connectivity index (χ3n) is 6.35. The van der Waals surface area contributed by atoms with Crippen LogP contribution in [0, 0.1) is 5.92 Å². The third kappa shape index (κ3) is 6.03. The monoisotopic (exact) mass is 594 g/mol. The molecule has 0 spiro atoms. The van der Waals surface area contributed by atoms with Crippen LogP contribution in [0.25, 0.3) is 0 Å². The number of carboxylic acids is 1. The zero-order valence-electron chi connectivity index (χ0n) is 21.0. The predicted octanol–water partition coefficient (Wildman–Crippen LogP) is 4.83. The Labute approximate surface area is 226 Å². The Morgan fingerprint density at radius 2 is 1.97 bits per heavy atom. The first kappa shape index (κ1) is 28.8. The standard InChI is InChI=1S/C23H26ClF3N4O7S/c1-12(20(32)33)8-15-10-31(39(35,36)18-11-30(14-5-6-14)29-19(18)24)16-9-13(4-7-17(16)37-15)28-21(34)38-22(2,3)23(25,26)27/h4,7,9,11-12,14-15H,5-6,8,10H2,1-3H3,(H,28,34)(H,32,33)/t12-,15-/m0/s1. The fraction of sp³-hybridized carbons (Fsp3) is 0.522. The maximum absolute atomic E-state index is 13.8. The van der Waals surface area contributed by atoms with Crippen LogP contribution in [-0.4, -0.2) is 59.8 Å². The number of aliphatic carboxylic acids is 1. The van der Waals surface area contributed by atoms with Crippen LogP contribution in [0.15, 0.2) is 29.3 Å². The number of hydrogen-bond acceptors (Lipinski definition) is 7. The fourth-order valence-corrected chi connectivity index (χ4v) is 5.76. The molecule has 4 rings (SSSR count). The van der Waals surface area contributed by atoms with Gasteiger partial charge in [-0.25, -0.2) is 13.2 Å². The number of carbonyl (C=O) groups excluding carboxylic acids is 1. The van der Waals surface area contributed by atoms with Crippen LogP contribution in [0.1, 0.15) is 46.1 Å². The highest BCUT2D eigenvalue weighted by molar-refractivity contribution is 7.93. The zero-order valence-corrected chi connectivity index (χ0v) is 22.6. The summed E-state index contributed by atoms with van der Waals surface area (Å²) in [7, 11) is -4.38. The number of fused-ring (bicyclic) bond motifs is 1. The molecule has 0 saturated heterocycles. The van der Waals surface area contributed by atoms with Gasteiger partial charge in [-0.05, 0) is 51.3 Å². The summed E-state index contributed by atoms with van der Waals surface area (Å²) in [5.41, 5.74) is -2.90. The molecule has 1 aromatic heterocycles. The number of ether oxygens (including phenoxy) is 2. The van der Waals surface area contributed by atoms with E-state index >= 15 is 0 Å². The molecule has 1 saturated carbocycles. The molecule has 2 aliphatic rings. The fourth-order valence-electron chi connectivity index (χ4n) is 3.84. The first-order valence-corrected chi connectivity index (χ1v) is 13.7. The minimum Gasteiger partial charge on any atom is -0.486 e. The van der Waals surface area contributed by atoms with Crippen molar-refractivity contribution in [3.05, 3.63) is 29.5 Å². The molecule has 214 valence electrons. The summed E-state index contributed by atoms with van der Waals surface area (Å²) in [6.07, 6.45) is -4.15. The summed E-state index contributed by atoms with van der Waals surface area (Å²) in [6.45, 7) is 2.53. The van der Waals surface area contributed by atoms with E-state index < -0.39 is 45.9 Å². The van der Waals surface area contributed by atoms with Crippen LogP contribution in [0.2, 0.25) is 5.15 Å². The molecule has 1 aromatic carbocycles. The second-order valence-corrected chi connectivity index (χ2v) is 12.1. The van der Waals surface area contributed by atoms with Gasteiger partial charge in [-0.3, -0.25) is 19.1 Å². The summed E-state index contributed by atoms with van der Waals surface area (Å²) in [6, 6.07) is 3.84. The molecular formula is C23H26ClF3N4O7S. The first-order valence-electron chi connectivity index (χ1n) is 11.9. The Morgan fingerprint density at radius 1 is 1.31 bits per heavy atom. The molecule has 16 heteroatoms. The minimum atomic E-state index is -4.83. The minimum absolute atomic E-state index is 0.0191. The molecule has 1 aliphatic heterocycles. The van der Waals surface area contributed by atoms with Gasteiger partial charge in [0.15, 0.2) is 5.15 Å². The molecule has 2 aromatic rings. The number of rotatable bonds is 8. The van der Waals surface area contributed by atoms with Crippen molar-refractivity contribution in [3.8, 4) is 5.75 Å². The van der Waals surface area contributed by atoms with Gasteiger partial charge in [-0.1, -0.05) is 18.5 Å². The van der Waals surface area contributed by atoms with E-state index in [-0.39, 0.29) is 46.2 Å². The van der Waals surface area contributed by atoms with Crippen molar-refractivity contribution >= 4 is 45.1 Å². The SMILES string of the molecule is C[C@@H](C[C@H]1CN(S(=O)(=O)c2cn(C3CC3)nc2Cl)c2cc(NC(=O)OC(C)(C)C(F)(F)F)ccc2O1)C(=O)O. The van der Waals surface area contributed by atoms with Crippen molar-refractivity contribution in [3.63, 3.8) is 0 Å². The van der Waals surface area contributed by atoms with Gasteiger partial charge in [0.05, 0.1) is 24.2 Å². The Bertz CT molecular complexity index is 1390. The van der Waals surface area contributed by atoms with Gasteiger partial charge < -0.3 is 14.6 Å². The smallest absolute Gasteiger partial charge is 0.427 e. The van der Waals surface area contributed by atoms with Gasteiger partial charge in [0.2, 0.25) is 5.60 Å². The predicted molar refractivity (Wildman–Crippen MR) is 133 cm³/mol. The lowest BCUT2D eigenvalue weighted by atomic mass is 10.0. The molecule has 2 atom stereocenters. The van der Waals surface area contributed by atoms with Gasteiger partial charge >= 0.3 is 18.2 Å². The van der Waals surface area contributed by atoms with Gasteiger partial charge in [-0.15, -0.1) is 0 Å². The van der Waals surface area contributed by atoms with Gasteiger partial charge in [0, 0.05) is 11.9 Å². The van der Waals surface area contributed by atoms with E-state index in [4.69, 9.17) is 16.3 Å². The van der Waals surface area contributed by atoms with Crippen molar-refractivity contribution in [2.75, 3.05) is 16.2 Å². The number of nitrogens with zero attached hydrogens (tertiary/aromatic N) is 3. The number of amides is 1. The number of carboxylic acid groups (broad SMARTS) is 1. The van der Waals surface area contributed by atoms with Gasteiger partial charge in [0.25, 0.3) is 10.0 Å². The molecule has 1 amide bonds. The zero-order chi connectivity index (χ0) is 28.9. The van der Waals surface area contributed by atoms with Crippen molar-refractivity contribution in [1.29, 1.82) is 0 Å². The van der Waals surface area contributed by atoms with Crippen LogP contribution in [-0.2, 0) is 19.6 Å². The first-order chi connectivity index (χ1) is 18.0. The van der Waals surface area contributed by atoms with Crippen molar-refractivity contribution in [1.82, 2.24) is 9.78 Å². The lowest BCUT2D eigenvalue weighted by Crippen LogP contribution is -2.45. The number of anilines is 2. The Hall–Kier alpha value is -3.20. The lowest BCUT2D eigenvalue weighted by Gasteiger charge is -2.36. The van der Waals surface area contributed by atoms with Crippen LogP contribution in [0.5, 0.6) is 5.75 Å². The highest BCUT2D eigenvalue weighted by Gasteiger charge is 2.51. The Kier molecular flexibility index (Phi) is 7.44. The van der Waals surface area contributed by atoms with E-state index in [9.17, 15) is 36.3 Å². The molecule has 0 bridgehead atoms. The molecule has 39 heavy (non-hydrogen) atoms. The average Bonchev–Trinajstić information content (AvgIpc) is 3.58. The summed E-state index contributed by atoms with van der Waals surface area (Å²) in [4.78, 5) is 23.3. The number of nitrogens with one attached hydrogen (secondary N) is 1. The average molecular weight is 595 g/mol. The van der Waals surface area contributed by atoms with E-state index in [1.807, 2.05) is 0 Å². The molecule has 2 heterocycles. The highest BCUT2D eigenvalue weighted by Crippen LogP contribution is 2.42. The quantitative estimate of drug-likeness (QED) is 0.443. The second-order valence-electron chi connectivity index (χ2n) is 9.95. The lowest BCUT2D eigenvalue weighted by molar-refractivity contribution is -0.242. The van der Waals surface area contributed by atoms with Crippen LogP contribution in [0.3, 0.4) is 0 Å². The maximum Gasteiger partial charge on any atom is 0.427 e.